The monoisotopic (exact) mass is 200 g/mol. The van der Waals surface area contributed by atoms with Crippen molar-refractivity contribution < 1.29 is 9.53 Å². The lowest BCUT2D eigenvalue weighted by molar-refractivity contribution is 0.107. The third-order valence-electron chi connectivity index (χ3n) is 2.38. The van der Waals surface area contributed by atoms with Gasteiger partial charge in [0, 0.05) is 6.04 Å². The van der Waals surface area contributed by atoms with E-state index >= 15 is 0 Å². The Morgan fingerprint density at radius 1 is 1.43 bits per heavy atom. The summed E-state index contributed by atoms with van der Waals surface area (Å²) in [5, 5.41) is 2.88. The summed E-state index contributed by atoms with van der Waals surface area (Å²) in [7, 11) is 2.10. The predicted octanol–water partition coefficient (Wildman–Crippen LogP) is 1.22. The van der Waals surface area contributed by atoms with Crippen LogP contribution < -0.4 is 5.32 Å². The first-order valence-corrected chi connectivity index (χ1v) is 5.23. The first-order chi connectivity index (χ1) is 6.58. The second kappa shape index (κ2) is 5.20. The van der Waals surface area contributed by atoms with E-state index in [0.29, 0.717) is 0 Å². The Kier molecular flexibility index (Phi) is 4.20. The lowest BCUT2D eigenvalue weighted by atomic mass is 10.1. The number of hydrogen-bond acceptors (Lipinski definition) is 3. The zero-order valence-electron chi connectivity index (χ0n) is 9.25. The number of ether oxygens (including phenoxy) is 1. The van der Waals surface area contributed by atoms with Crippen molar-refractivity contribution in [1.82, 2.24) is 10.2 Å². The molecule has 0 aromatic rings. The van der Waals surface area contributed by atoms with Gasteiger partial charge in [0.1, 0.15) is 0 Å². The summed E-state index contributed by atoms with van der Waals surface area (Å²) in [6, 6.07) is 0.289. The molecule has 1 amide bonds. The minimum absolute atomic E-state index is 0.0405. The Morgan fingerprint density at radius 2 is 2.00 bits per heavy atom. The van der Waals surface area contributed by atoms with Crippen molar-refractivity contribution >= 4 is 6.09 Å². The molecule has 82 valence electrons. The van der Waals surface area contributed by atoms with E-state index in [1.807, 2.05) is 13.8 Å². The van der Waals surface area contributed by atoms with Crippen LogP contribution in [0.4, 0.5) is 4.79 Å². The summed E-state index contributed by atoms with van der Waals surface area (Å²) in [5.74, 6) is 0. The van der Waals surface area contributed by atoms with Gasteiger partial charge in [-0.1, -0.05) is 0 Å². The smallest absolute Gasteiger partial charge is 0.407 e. The topological polar surface area (TPSA) is 41.6 Å². The average molecular weight is 200 g/mol. The highest BCUT2D eigenvalue weighted by Crippen LogP contribution is 2.08. The van der Waals surface area contributed by atoms with Gasteiger partial charge in [-0.3, -0.25) is 0 Å². The highest BCUT2D eigenvalue weighted by atomic mass is 16.6. The molecule has 1 heterocycles. The predicted molar refractivity (Wildman–Crippen MR) is 55.3 cm³/mol. The molecule has 1 rings (SSSR count). The summed E-state index contributed by atoms with van der Waals surface area (Å²) >= 11 is 0. The van der Waals surface area contributed by atoms with Crippen molar-refractivity contribution in [2.45, 2.75) is 38.8 Å². The third kappa shape index (κ3) is 3.96. The molecule has 0 atom stereocenters. The van der Waals surface area contributed by atoms with Gasteiger partial charge in [-0.2, -0.15) is 0 Å². The highest BCUT2D eigenvalue weighted by molar-refractivity contribution is 5.67. The number of nitrogens with zero attached hydrogens (tertiary/aromatic N) is 1. The van der Waals surface area contributed by atoms with Gasteiger partial charge < -0.3 is 15.0 Å². The van der Waals surface area contributed by atoms with Crippen molar-refractivity contribution in [3.8, 4) is 0 Å². The first-order valence-electron chi connectivity index (χ1n) is 5.23. The molecule has 0 bridgehead atoms. The average Bonchev–Trinajstić information content (AvgIpc) is 2.07. The zero-order chi connectivity index (χ0) is 10.6. The Hall–Kier alpha value is -0.770. The van der Waals surface area contributed by atoms with Gasteiger partial charge >= 0.3 is 6.09 Å². The molecule has 14 heavy (non-hydrogen) atoms. The number of alkyl carbamates (subject to hydrolysis) is 1. The number of amides is 1. The molecule has 1 aliphatic heterocycles. The van der Waals surface area contributed by atoms with Crippen LogP contribution in [0.1, 0.15) is 26.7 Å². The maximum atomic E-state index is 11.3. The molecular weight excluding hydrogens is 180 g/mol. The van der Waals surface area contributed by atoms with Gasteiger partial charge in [0.15, 0.2) is 0 Å². The third-order valence-corrected chi connectivity index (χ3v) is 2.38. The van der Waals surface area contributed by atoms with E-state index in [0.717, 1.165) is 25.9 Å². The summed E-state index contributed by atoms with van der Waals surface area (Å²) < 4.78 is 5.02. The molecule has 1 aliphatic rings. The van der Waals surface area contributed by atoms with Crippen LogP contribution in [0.15, 0.2) is 0 Å². The quantitative estimate of drug-likeness (QED) is 0.728. The number of nitrogens with one attached hydrogen (secondary N) is 1. The van der Waals surface area contributed by atoms with E-state index in [1.54, 1.807) is 0 Å². The molecule has 1 fully saturated rings. The molecule has 0 saturated carbocycles. The largest absolute Gasteiger partial charge is 0.447 e. The number of piperidine rings is 1. The van der Waals surface area contributed by atoms with Gasteiger partial charge in [-0.05, 0) is 46.8 Å². The molecule has 1 saturated heterocycles. The standard InChI is InChI=1S/C10H20N2O2/c1-8(2)14-10(13)11-9-4-6-12(3)7-5-9/h8-9H,4-7H2,1-3H3,(H,11,13). The number of carbonyl (C=O) groups is 1. The Bertz CT molecular complexity index is 187. The molecule has 0 aromatic carbocycles. The Morgan fingerprint density at radius 3 is 2.50 bits per heavy atom. The van der Waals surface area contributed by atoms with Gasteiger partial charge in [-0.25, -0.2) is 4.79 Å². The molecule has 0 radical (unpaired) electrons. The second-order valence-electron chi connectivity index (χ2n) is 4.18. The fourth-order valence-electron chi connectivity index (χ4n) is 1.57. The minimum atomic E-state index is -0.283. The van der Waals surface area contributed by atoms with E-state index in [4.69, 9.17) is 4.74 Å². The highest BCUT2D eigenvalue weighted by Gasteiger charge is 2.19. The van der Waals surface area contributed by atoms with Gasteiger partial charge in [-0.15, -0.1) is 0 Å². The van der Waals surface area contributed by atoms with Gasteiger partial charge in [0.05, 0.1) is 6.10 Å². The number of rotatable bonds is 2. The van der Waals surface area contributed by atoms with Crippen molar-refractivity contribution in [3.05, 3.63) is 0 Å². The van der Waals surface area contributed by atoms with Crippen LogP contribution in [0.25, 0.3) is 0 Å². The molecule has 0 aromatic heterocycles. The minimum Gasteiger partial charge on any atom is -0.447 e. The summed E-state index contributed by atoms with van der Waals surface area (Å²) in [4.78, 5) is 13.5. The second-order valence-corrected chi connectivity index (χ2v) is 4.18. The summed E-state index contributed by atoms with van der Waals surface area (Å²) in [6.45, 7) is 5.81. The fraction of sp³-hybridized carbons (Fsp3) is 0.900. The van der Waals surface area contributed by atoms with Gasteiger partial charge in [0.2, 0.25) is 0 Å². The lowest BCUT2D eigenvalue weighted by Gasteiger charge is -2.29. The van der Waals surface area contributed by atoms with Crippen LogP contribution in [0, 0.1) is 0 Å². The van der Waals surface area contributed by atoms with E-state index < -0.39 is 0 Å². The van der Waals surface area contributed by atoms with Crippen LogP contribution in [-0.2, 0) is 4.74 Å². The number of hydrogen-bond donors (Lipinski definition) is 1. The fourth-order valence-corrected chi connectivity index (χ4v) is 1.57. The molecule has 0 aliphatic carbocycles. The molecule has 4 heteroatoms. The Balaban J connectivity index is 2.20. The number of carbonyl (C=O) groups excluding carboxylic acids is 1. The molecule has 1 N–H and O–H groups in total. The van der Waals surface area contributed by atoms with Crippen LogP contribution in [0.2, 0.25) is 0 Å². The van der Waals surface area contributed by atoms with E-state index in [1.165, 1.54) is 0 Å². The Labute approximate surface area is 85.6 Å². The van der Waals surface area contributed by atoms with E-state index in [2.05, 4.69) is 17.3 Å². The van der Waals surface area contributed by atoms with Crippen LogP contribution in [-0.4, -0.2) is 43.3 Å². The summed E-state index contributed by atoms with van der Waals surface area (Å²) in [6.07, 6.45) is 1.71. The maximum absolute atomic E-state index is 11.3. The lowest BCUT2D eigenvalue weighted by Crippen LogP contribution is -2.44. The van der Waals surface area contributed by atoms with Crippen LogP contribution >= 0.6 is 0 Å². The molecule has 4 nitrogen and oxygen atoms in total. The normalized spacial score (nSPS) is 19.7. The van der Waals surface area contributed by atoms with Crippen LogP contribution in [0.5, 0.6) is 0 Å². The van der Waals surface area contributed by atoms with Crippen LogP contribution in [0.3, 0.4) is 0 Å². The van der Waals surface area contributed by atoms with Crippen molar-refractivity contribution in [2.24, 2.45) is 0 Å². The molecular formula is C10H20N2O2. The SMILES string of the molecule is CC(C)OC(=O)NC1CCN(C)CC1. The van der Waals surface area contributed by atoms with Crippen molar-refractivity contribution in [1.29, 1.82) is 0 Å². The maximum Gasteiger partial charge on any atom is 0.407 e. The van der Waals surface area contributed by atoms with E-state index in [9.17, 15) is 4.79 Å². The van der Waals surface area contributed by atoms with E-state index in [-0.39, 0.29) is 18.2 Å². The van der Waals surface area contributed by atoms with Crippen molar-refractivity contribution in [3.63, 3.8) is 0 Å². The number of likely N-dealkylation sites (tertiary alicyclic amines) is 1. The van der Waals surface area contributed by atoms with Gasteiger partial charge in [0.25, 0.3) is 0 Å². The molecule has 0 spiro atoms. The van der Waals surface area contributed by atoms with Crippen molar-refractivity contribution in [2.75, 3.05) is 20.1 Å². The summed E-state index contributed by atoms with van der Waals surface area (Å²) in [5.41, 5.74) is 0. The zero-order valence-corrected chi connectivity index (χ0v) is 9.25. The molecule has 0 unspecified atom stereocenters. The first kappa shape index (κ1) is 11.3.